The molecule has 0 aliphatic heterocycles. The van der Waals surface area contributed by atoms with Crippen LogP contribution < -0.4 is 10.9 Å². The summed E-state index contributed by atoms with van der Waals surface area (Å²) in [5.74, 6) is 0.690. The van der Waals surface area contributed by atoms with Gasteiger partial charge in [-0.3, -0.25) is 4.79 Å². The molecule has 0 saturated carbocycles. The molecule has 2 aromatic heterocycles. The van der Waals surface area contributed by atoms with Crippen molar-refractivity contribution in [3.63, 3.8) is 0 Å². The molecule has 4 aromatic rings. The minimum atomic E-state index is -0.0809. The molecule has 0 bridgehead atoms. The maximum atomic E-state index is 12.7. The maximum absolute atomic E-state index is 12.7. The lowest BCUT2D eigenvalue weighted by molar-refractivity contribution is -0.708. The van der Waals surface area contributed by atoms with Gasteiger partial charge in [0, 0.05) is 21.5 Å². The van der Waals surface area contributed by atoms with E-state index in [2.05, 4.69) is 22.2 Å². The van der Waals surface area contributed by atoms with E-state index in [0.717, 1.165) is 21.0 Å². The summed E-state index contributed by atoms with van der Waals surface area (Å²) in [4.78, 5) is 21.1. The summed E-state index contributed by atoms with van der Waals surface area (Å²) in [6, 6.07) is 18.0. The Labute approximate surface area is 165 Å². The van der Waals surface area contributed by atoms with Gasteiger partial charge in [0.2, 0.25) is 0 Å². The second-order valence-corrected chi connectivity index (χ2v) is 7.78. The Morgan fingerprint density at radius 3 is 2.63 bits per heavy atom. The molecule has 2 heterocycles. The average Bonchev–Trinajstić information content (AvgIpc) is 3.12. The predicted molar refractivity (Wildman–Crippen MR) is 111 cm³/mol. The number of aromatic amines is 1. The van der Waals surface area contributed by atoms with E-state index in [0.29, 0.717) is 17.8 Å². The number of H-pyrrole nitrogens is 1. The quantitative estimate of drug-likeness (QED) is 0.532. The fraction of sp³-hybridized carbons (Fsp3) is 0.143. The van der Waals surface area contributed by atoms with Crippen LogP contribution in [0.25, 0.3) is 21.3 Å². The van der Waals surface area contributed by atoms with Crippen LogP contribution in [0.2, 0.25) is 5.02 Å². The van der Waals surface area contributed by atoms with Gasteiger partial charge in [-0.1, -0.05) is 54.1 Å². The molecule has 0 aliphatic rings. The van der Waals surface area contributed by atoms with E-state index in [1.54, 1.807) is 0 Å². The summed E-state index contributed by atoms with van der Waals surface area (Å²) in [5.41, 5.74) is 3.08. The Balaban J connectivity index is 1.57. The first-order chi connectivity index (χ1) is 13.1. The number of hydrogen-bond donors (Lipinski definition) is 2. The van der Waals surface area contributed by atoms with E-state index in [4.69, 9.17) is 11.6 Å². The largest absolute Gasteiger partial charge is 0.334 e. The molecule has 0 aliphatic carbocycles. The molecule has 1 atom stereocenters. The molecule has 0 unspecified atom stereocenters. The molecular weight excluding hydrogens is 378 g/mol. The fourth-order valence-corrected chi connectivity index (χ4v) is 4.20. The van der Waals surface area contributed by atoms with E-state index < -0.39 is 0 Å². The standard InChI is InChI=1S/C21H18ClN3OS/c1-13(14-7-9-16(22)10-8-14)23-11-18-24-20(26)19-17(12-27-21(19)25-18)15-5-3-2-4-6-15/h2-10,12-13,23H,11H2,1H3,(H,24,25,26)/p+1/t13-/m1/s1. The number of benzene rings is 2. The molecule has 4 rings (SSSR count). The van der Waals surface area contributed by atoms with Gasteiger partial charge in [0.25, 0.3) is 5.56 Å². The van der Waals surface area contributed by atoms with Crippen LogP contribution in [0.15, 0.2) is 64.8 Å². The monoisotopic (exact) mass is 396 g/mol. The summed E-state index contributed by atoms with van der Waals surface area (Å²) in [7, 11) is 0. The lowest BCUT2D eigenvalue weighted by atomic mass is 10.1. The molecule has 27 heavy (non-hydrogen) atoms. The van der Waals surface area contributed by atoms with Crippen LogP contribution in [0.3, 0.4) is 0 Å². The third kappa shape index (κ3) is 3.81. The zero-order chi connectivity index (χ0) is 18.8. The van der Waals surface area contributed by atoms with Gasteiger partial charge in [-0.2, -0.15) is 0 Å². The highest BCUT2D eigenvalue weighted by atomic mass is 35.5. The number of nitrogens with zero attached hydrogens (tertiary/aromatic N) is 1. The zero-order valence-electron chi connectivity index (χ0n) is 14.8. The first kappa shape index (κ1) is 17.9. The van der Waals surface area contributed by atoms with Gasteiger partial charge in [-0.25, -0.2) is 4.98 Å². The van der Waals surface area contributed by atoms with Crippen LogP contribution in [0.4, 0.5) is 0 Å². The van der Waals surface area contributed by atoms with E-state index in [9.17, 15) is 4.79 Å². The summed E-state index contributed by atoms with van der Waals surface area (Å²) in [6.07, 6.45) is 0. The third-order valence-electron chi connectivity index (χ3n) is 4.64. The number of hydrogen-bond acceptors (Lipinski definition) is 3. The summed E-state index contributed by atoms with van der Waals surface area (Å²) in [6.45, 7) is 2.73. The lowest BCUT2D eigenvalue weighted by Gasteiger charge is -2.10. The minimum Gasteiger partial charge on any atom is -0.334 e. The molecule has 0 fully saturated rings. The third-order valence-corrected chi connectivity index (χ3v) is 5.76. The normalized spacial score (nSPS) is 12.4. The second kappa shape index (κ2) is 7.64. The highest BCUT2D eigenvalue weighted by molar-refractivity contribution is 7.17. The number of rotatable bonds is 5. The summed E-state index contributed by atoms with van der Waals surface area (Å²) < 4.78 is 0. The van der Waals surface area contributed by atoms with Crippen LogP contribution in [0, 0.1) is 0 Å². The molecule has 6 heteroatoms. The highest BCUT2D eigenvalue weighted by Crippen LogP contribution is 2.30. The molecule has 4 nitrogen and oxygen atoms in total. The van der Waals surface area contributed by atoms with Crippen LogP contribution in [0.5, 0.6) is 0 Å². The SMILES string of the molecule is C[C@@H]([NH2+]Cc1nc2scc(-c3ccccc3)c2c(=O)[nH]1)c1ccc(Cl)cc1. The Morgan fingerprint density at radius 2 is 1.89 bits per heavy atom. The van der Waals surface area contributed by atoms with Gasteiger partial charge in [-0.05, 0) is 24.6 Å². The van der Waals surface area contributed by atoms with Crippen LogP contribution in [-0.2, 0) is 6.54 Å². The van der Waals surface area contributed by atoms with Gasteiger partial charge in [0.05, 0.1) is 5.39 Å². The molecule has 3 N–H and O–H groups in total. The molecule has 0 saturated heterocycles. The van der Waals surface area contributed by atoms with Crippen molar-refractivity contribution in [2.24, 2.45) is 0 Å². The lowest BCUT2D eigenvalue weighted by Crippen LogP contribution is -2.83. The molecule has 0 radical (unpaired) electrons. The van der Waals surface area contributed by atoms with Gasteiger partial charge in [0.1, 0.15) is 17.4 Å². The van der Waals surface area contributed by atoms with Crippen molar-refractivity contribution in [1.29, 1.82) is 0 Å². The topological polar surface area (TPSA) is 62.4 Å². The average molecular weight is 397 g/mol. The van der Waals surface area contributed by atoms with Crippen LogP contribution in [0.1, 0.15) is 24.4 Å². The Morgan fingerprint density at radius 1 is 1.15 bits per heavy atom. The first-order valence-electron chi connectivity index (χ1n) is 8.76. The molecular formula is C21H19ClN3OS+. The van der Waals surface area contributed by atoms with E-state index in [-0.39, 0.29) is 11.6 Å². The van der Waals surface area contributed by atoms with Crippen molar-refractivity contribution in [2.75, 3.05) is 0 Å². The maximum Gasteiger partial charge on any atom is 0.260 e. The first-order valence-corrected chi connectivity index (χ1v) is 10.0. The van der Waals surface area contributed by atoms with E-state index in [1.165, 1.54) is 16.9 Å². The Bertz CT molecular complexity index is 1120. The molecule has 2 aromatic carbocycles. The van der Waals surface area contributed by atoms with E-state index in [1.807, 2.05) is 60.0 Å². The second-order valence-electron chi connectivity index (χ2n) is 6.49. The van der Waals surface area contributed by atoms with Crippen molar-refractivity contribution < 1.29 is 5.32 Å². The summed E-state index contributed by atoms with van der Waals surface area (Å²) in [5, 5.41) is 5.56. The van der Waals surface area contributed by atoms with Crippen LogP contribution >= 0.6 is 22.9 Å². The van der Waals surface area contributed by atoms with Crippen molar-refractivity contribution >= 4 is 33.2 Å². The number of halogens is 1. The number of thiophene rings is 1. The van der Waals surface area contributed by atoms with Crippen molar-refractivity contribution in [3.05, 3.63) is 86.7 Å². The number of fused-ring (bicyclic) bond motifs is 1. The van der Waals surface area contributed by atoms with Gasteiger partial charge >= 0.3 is 0 Å². The smallest absolute Gasteiger partial charge is 0.260 e. The zero-order valence-corrected chi connectivity index (χ0v) is 16.3. The number of nitrogens with two attached hydrogens (primary N) is 1. The van der Waals surface area contributed by atoms with E-state index >= 15 is 0 Å². The number of nitrogens with one attached hydrogen (secondary N) is 1. The van der Waals surface area contributed by atoms with Gasteiger partial charge in [0.15, 0.2) is 5.82 Å². The molecule has 136 valence electrons. The van der Waals surface area contributed by atoms with Crippen LogP contribution in [-0.4, -0.2) is 9.97 Å². The highest BCUT2D eigenvalue weighted by Gasteiger charge is 2.14. The van der Waals surface area contributed by atoms with Crippen molar-refractivity contribution in [1.82, 2.24) is 9.97 Å². The van der Waals surface area contributed by atoms with Crippen molar-refractivity contribution in [3.8, 4) is 11.1 Å². The van der Waals surface area contributed by atoms with Gasteiger partial charge in [-0.15, -0.1) is 11.3 Å². The Hall–Kier alpha value is -2.47. The number of quaternary nitrogens is 1. The summed E-state index contributed by atoms with van der Waals surface area (Å²) >= 11 is 7.46. The minimum absolute atomic E-state index is 0.0809. The molecule has 0 spiro atoms. The fourth-order valence-electron chi connectivity index (χ4n) is 3.11. The Kier molecular flexibility index (Phi) is 5.07. The predicted octanol–water partition coefficient (Wildman–Crippen LogP) is 4.13. The van der Waals surface area contributed by atoms with Gasteiger partial charge < -0.3 is 10.3 Å². The molecule has 0 amide bonds. The number of aromatic nitrogens is 2. The van der Waals surface area contributed by atoms with Crippen molar-refractivity contribution in [2.45, 2.75) is 19.5 Å².